The van der Waals surface area contributed by atoms with Gasteiger partial charge in [-0.1, -0.05) is 13.8 Å². The Morgan fingerprint density at radius 1 is 0.887 bits per heavy atom. The number of carbonyl (C=O) groups excluding carboxylic acids is 3. The first kappa shape index (κ1) is 41.5. The number of allylic oxidation sites excluding steroid dienone is 2. The predicted molar refractivity (Wildman–Crippen MR) is 206 cm³/mol. The zero-order valence-electron chi connectivity index (χ0n) is 33.3. The number of aliphatic imine (C=N–C) groups is 1. The number of aromatic nitrogens is 3. The van der Waals surface area contributed by atoms with Gasteiger partial charge >= 0.3 is 12.2 Å². The molecule has 0 radical (unpaired) electrons. The van der Waals surface area contributed by atoms with Crippen molar-refractivity contribution in [3.8, 4) is 0 Å². The average Bonchev–Trinajstić information content (AvgIpc) is 3.04. The molecule has 2 aliphatic heterocycles. The number of anilines is 3. The van der Waals surface area contributed by atoms with E-state index in [1.807, 2.05) is 67.2 Å². The van der Waals surface area contributed by atoms with Crippen LogP contribution in [0.4, 0.5) is 27.4 Å². The van der Waals surface area contributed by atoms with Gasteiger partial charge in [0.25, 0.3) is 0 Å². The van der Waals surface area contributed by atoms with Crippen LogP contribution in [-0.4, -0.2) is 127 Å². The summed E-state index contributed by atoms with van der Waals surface area (Å²) in [4.78, 5) is 63.6. The molecule has 0 atom stereocenters. The molecule has 2 saturated heterocycles. The molecule has 0 bridgehead atoms. The van der Waals surface area contributed by atoms with E-state index in [0.717, 1.165) is 39.0 Å². The van der Waals surface area contributed by atoms with Gasteiger partial charge in [0, 0.05) is 90.5 Å². The minimum absolute atomic E-state index is 0.0453. The van der Waals surface area contributed by atoms with Crippen LogP contribution in [0.15, 0.2) is 16.3 Å². The van der Waals surface area contributed by atoms with E-state index in [-0.39, 0.29) is 30.0 Å². The van der Waals surface area contributed by atoms with E-state index in [1.54, 1.807) is 0 Å². The third-order valence-corrected chi connectivity index (χ3v) is 9.08. The molecule has 0 saturated carbocycles. The van der Waals surface area contributed by atoms with Crippen LogP contribution in [0.5, 0.6) is 0 Å². The highest BCUT2D eigenvalue weighted by Crippen LogP contribution is 2.36. The number of piperazine rings is 1. The fourth-order valence-electron chi connectivity index (χ4n) is 6.52. The lowest BCUT2D eigenvalue weighted by atomic mass is 9.76. The minimum Gasteiger partial charge on any atom is -0.511 e. The highest BCUT2D eigenvalue weighted by molar-refractivity contribution is 6.22. The van der Waals surface area contributed by atoms with Gasteiger partial charge < -0.3 is 45.2 Å². The number of hydrogen-bond acceptors (Lipinski definition) is 14. The van der Waals surface area contributed by atoms with Crippen molar-refractivity contribution in [1.82, 2.24) is 30.9 Å². The topological polar surface area (TPSA) is 187 Å². The summed E-state index contributed by atoms with van der Waals surface area (Å²) in [6, 6.07) is 0. The molecule has 4 rings (SSSR count). The zero-order valence-corrected chi connectivity index (χ0v) is 33.3. The zero-order chi connectivity index (χ0) is 39.0. The van der Waals surface area contributed by atoms with Crippen molar-refractivity contribution >= 4 is 41.5 Å². The Bertz CT molecular complexity index is 1470. The molecule has 0 aromatic carbocycles. The molecule has 3 heterocycles. The van der Waals surface area contributed by atoms with E-state index < -0.39 is 23.4 Å². The Kier molecular flexibility index (Phi) is 13.9. The Hall–Kier alpha value is -4.21. The number of carbonyl (C=O) groups is 3. The van der Waals surface area contributed by atoms with Crippen molar-refractivity contribution in [2.75, 3.05) is 86.7 Å². The molecule has 2 amide bonds. The predicted octanol–water partition coefficient (Wildman–Crippen LogP) is 4.02. The first-order valence-corrected chi connectivity index (χ1v) is 18.9. The summed E-state index contributed by atoms with van der Waals surface area (Å²) in [5, 5.41) is 19.7. The number of nitrogens with one attached hydrogen (secondary N) is 3. The fourth-order valence-corrected chi connectivity index (χ4v) is 6.52. The van der Waals surface area contributed by atoms with E-state index in [1.165, 1.54) is 0 Å². The molecule has 3 aliphatic rings. The molecular formula is C37H62N10O6. The van der Waals surface area contributed by atoms with Gasteiger partial charge in [-0.05, 0) is 72.6 Å². The summed E-state index contributed by atoms with van der Waals surface area (Å²) in [5.74, 6) is 1.99. The van der Waals surface area contributed by atoms with Crippen molar-refractivity contribution in [1.29, 1.82) is 0 Å². The van der Waals surface area contributed by atoms with Crippen molar-refractivity contribution in [2.24, 2.45) is 16.3 Å². The van der Waals surface area contributed by atoms with Gasteiger partial charge in [-0.25, -0.2) is 9.59 Å². The van der Waals surface area contributed by atoms with E-state index in [4.69, 9.17) is 29.4 Å². The van der Waals surface area contributed by atoms with Crippen LogP contribution in [0.25, 0.3) is 0 Å². The number of hydrogen-bond donors (Lipinski definition) is 4. The second-order valence-corrected chi connectivity index (χ2v) is 16.9. The number of piperidine rings is 1. The van der Waals surface area contributed by atoms with Gasteiger partial charge in [-0.3, -0.25) is 9.79 Å². The van der Waals surface area contributed by atoms with Gasteiger partial charge in [-0.2, -0.15) is 15.0 Å². The number of nitrogens with zero attached hydrogens (tertiary/aromatic N) is 7. The number of rotatable bonds is 12. The quantitative estimate of drug-likeness (QED) is 0.225. The van der Waals surface area contributed by atoms with Crippen molar-refractivity contribution < 1.29 is 29.0 Å². The molecule has 1 aliphatic carbocycles. The lowest BCUT2D eigenvalue weighted by Gasteiger charge is -2.34. The average molecular weight is 743 g/mol. The second-order valence-electron chi connectivity index (χ2n) is 16.9. The van der Waals surface area contributed by atoms with Gasteiger partial charge in [0.2, 0.25) is 17.8 Å². The summed E-state index contributed by atoms with van der Waals surface area (Å²) < 4.78 is 10.9. The highest BCUT2D eigenvalue weighted by atomic mass is 16.6. The molecule has 1 aromatic heterocycles. The standard InChI is InChI=1S/C37H62N10O6/c1-25(29-27(48)22-37(8,9)23-28(29)49)41-24-26-10-16-45(17-11-26)30-42-31(46-18-12-38-13-19-46)44-32(43-30)47(20-14-39-33(50)52-35(2,3)4)21-15-40-34(51)53-36(5,6)7/h26,38,48H,10-24H2,1-9H3,(H,39,50)(H,40,51). The summed E-state index contributed by atoms with van der Waals surface area (Å²) in [6.45, 7) is 23.0. The maximum atomic E-state index is 12.8. The lowest BCUT2D eigenvalue weighted by molar-refractivity contribution is -0.118. The Morgan fingerprint density at radius 3 is 1.89 bits per heavy atom. The van der Waals surface area contributed by atoms with E-state index in [0.29, 0.717) is 80.6 Å². The van der Waals surface area contributed by atoms with Gasteiger partial charge in [0.15, 0.2) is 5.78 Å². The lowest BCUT2D eigenvalue weighted by Crippen LogP contribution is -2.45. The van der Waals surface area contributed by atoms with E-state index in [2.05, 4.69) is 25.8 Å². The molecule has 2 fully saturated rings. The maximum Gasteiger partial charge on any atom is 0.407 e. The third kappa shape index (κ3) is 13.3. The first-order valence-electron chi connectivity index (χ1n) is 18.9. The number of aliphatic hydroxyl groups is 1. The number of aliphatic hydroxyl groups excluding tert-OH is 1. The number of ketones is 1. The summed E-state index contributed by atoms with van der Waals surface area (Å²) >= 11 is 0. The normalized spacial score (nSPS) is 18.9. The van der Waals surface area contributed by atoms with Crippen LogP contribution in [0.3, 0.4) is 0 Å². The maximum absolute atomic E-state index is 12.8. The van der Waals surface area contributed by atoms with Gasteiger partial charge in [0.05, 0.1) is 5.57 Å². The summed E-state index contributed by atoms with van der Waals surface area (Å²) in [6.07, 6.45) is 1.55. The number of amides is 2. The molecular weight excluding hydrogens is 680 g/mol. The Balaban J connectivity index is 1.50. The Labute approximate surface area is 314 Å². The van der Waals surface area contributed by atoms with Crippen LogP contribution in [0.1, 0.15) is 88.0 Å². The highest BCUT2D eigenvalue weighted by Gasteiger charge is 2.34. The van der Waals surface area contributed by atoms with Crippen molar-refractivity contribution in [3.63, 3.8) is 0 Å². The first-order chi connectivity index (χ1) is 24.8. The smallest absolute Gasteiger partial charge is 0.407 e. The number of alkyl carbamates (subject to hydrolysis) is 2. The molecule has 1 aromatic rings. The molecule has 0 unspecified atom stereocenters. The van der Waals surface area contributed by atoms with Crippen molar-refractivity contribution in [2.45, 2.75) is 99.2 Å². The fraction of sp³-hybridized carbons (Fsp3) is 0.757. The number of ether oxygens (including phenoxy) is 2. The SMILES string of the molecule is CC(=NCC1CCN(c2nc(N3CCNCC3)nc(N(CCNC(=O)OC(C)(C)C)CCNC(=O)OC(C)(C)C)n2)CC1)C1=C(O)CC(C)(C)CC1=O. The Morgan fingerprint density at radius 2 is 1.40 bits per heavy atom. The summed E-state index contributed by atoms with van der Waals surface area (Å²) in [7, 11) is 0. The van der Waals surface area contributed by atoms with E-state index >= 15 is 0 Å². The molecule has 4 N–H and O–H groups in total. The van der Waals surface area contributed by atoms with Crippen LogP contribution in [0, 0.1) is 11.3 Å². The van der Waals surface area contributed by atoms with E-state index in [9.17, 15) is 19.5 Å². The summed E-state index contributed by atoms with van der Waals surface area (Å²) in [5.41, 5.74) is -0.522. The molecule has 296 valence electrons. The molecule has 16 heteroatoms. The minimum atomic E-state index is -0.631. The van der Waals surface area contributed by atoms with Crippen molar-refractivity contribution in [3.05, 3.63) is 11.3 Å². The van der Waals surface area contributed by atoms with Gasteiger partial charge in [-0.15, -0.1) is 0 Å². The largest absolute Gasteiger partial charge is 0.511 e. The monoisotopic (exact) mass is 742 g/mol. The number of Topliss-reactive ketones (excluding diaryl/α,β-unsaturated/α-hetero) is 1. The second kappa shape index (κ2) is 17.7. The molecule has 53 heavy (non-hydrogen) atoms. The molecule has 0 spiro atoms. The van der Waals surface area contributed by atoms with Crippen LogP contribution in [0.2, 0.25) is 0 Å². The van der Waals surface area contributed by atoms with Gasteiger partial charge in [0.1, 0.15) is 17.0 Å². The van der Waals surface area contributed by atoms with Crippen LogP contribution < -0.4 is 30.7 Å². The molecule has 16 nitrogen and oxygen atoms in total. The van der Waals surface area contributed by atoms with Crippen LogP contribution >= 0.6 is 0 Å². The van der Waals surface area contributed by atoms with Crippen LogP contribution in [-0.2, 0) is 14.3 Å². The third-order valence-electron chi connectivity index (χ3n) is 9.08.